The molecule has 0 saturated heterocycles. The van der Waals surface area contributed by atoms with Crippen LogP contribution in [0.15, 0.2) is 0 Å². The SMILES string of the molecule is CC(C)CC1(c2nnc3n2CCNC3)CCCC1. The second-order valence-corrected chi connectivity index (χ2v) is 6.35. The zero-order valence-corrected chi connectivity index (χ0v) is 11.6. The van der Waals surface area contributed by atoms with Gasteiger partial charge in [0, 0.05) is 18.5 Å². The highest BCUT2D eigenvalue weighted by molar-refractivity contribution is 5.14. The fourth-order valence-electron chi connectivity index (χ4n) is 3.84. The number of rotatable bonds is 3. The van der Waals surface area contributed by atoms with Gasteiger partial charge in [0.25, 0.3) is 0 Å². The van der Waals surface area contributed by atoms with Crippen LogP contribution in [-0.4, -0.2) is 21.3 Å². The van der Waals surface area contributed by atoms with Gasteiger partial charge in [0.2, 0.25) is 0 Å². The van der Waals surface area contributed by atoms with Crippen LogP contribution < -0.4 is 5.32 Å². The molecule has 0 atom stereocenters. The van der Waals surface area contributed by atoms with Gasteiger partial charge in [0.15, 0.2) is 0 Å². The highest BCUT2D eigenvalue weighted by Crippen LogP contribution is 2.45. The molecule has 0 bridgehead atoms. The maximum absolute atomic E-state index is 4.58. The van der Waals surface area contributed by atoms with E-state index in [0.717, 1.165) is 31.4 Å². The minimum Gasteiger partial charge on any atom is -0.312 e. The van der Waals surface area contributed by atoms with Gasteiger partial charge in [-0.25, -0.2) is 0 Å². The lowest BCUT2D eigenvalue weighted by Crippen LogP contribution is -2.34. The van der Waals surface area contributed by atoms with E-state index in [0.29, 0.717) is 5.41 Å². The van der Waals surface area contributed by atoms with Crippen LogP contribution >= 0.6 is 0 Å². The van der Waals surface area contributed by atoms with Crippen LogP contribution in [0.25, 0.3) is 0 Å². The van der Waals surface area contributed by atoms with Crippen LogP contribution in [-0.2, 0) is 18.5 Å². The van der Waals surface area contributed by atoms with Crippen LogP contribution in [0.1, 0.15) is 57.6 Å². The Labute approximate surface area is 109 Å². The zero-order valence-electron chi connectivity index (χ0n) is 11.6. The van der Waals surface area contributed by atoms with E-state index in [2.05, 4.69) is 33.9 Å². The lowest BCUT2D eigenvalue weighted by Gasteiger charge is -2.31. The smallest absolute Gasteiger partial charge is 0.147 e. The molecule has 0 unspecified atom stereocenters. The fourth-order valence-corrected chi connectivity index (χ4v) is 3.84. The average molecular weight is 248 g/mol. The largest absolute Gasteiger partial charge is 0.312 e. The molecule has 1 aromatic rings. The minimum absolute atomic E-state index is 0.316. The van der Waals surface area contributed by atoms with Crippen LogP contribution in [0.3, 0.4) is 0 Å². The molecule has 1 aliphatic carbocycles. The molecule has 0 spiro atoms. The summed E-state index contributed by atoms with van der Waals surface area (Å²) in [6.07, 6.45) is 6.58. The standard InChI is InChI=1S/C14H24N4/c1-11(2)9-14(5-3-4-6-14)13-17-16-12-10-15-7-8-18(12)13/h11,15H,3-10H2,1-2H3. The third kappa shape index (κ3) is 1.96. The Morgan fingerprint density at radius 2 is 2.06 bits per heavy atom. The Hall–Kier alpha value is -0.900. The van der Waals surface area contributed by atoms with Gasteiger partial charge in [-0.3, -0.25) is 0 Å². The van der Waals surface area contributed by atoms with Gasteiger partial charge in [-0.1, -0.05) is 26.7 Å². The molecule has 1 saturated carbocycles. The van der Waals surface area contributed by atoms with Crippen LogP contribution in [0.4, 0.5) is 0 Å². The van der Waals surface area contributed by atoms with Crippen molar-refractivity contribution in [1.82, 2.24) is 20.1 Å². The molecule has 1 fully saturated rings. The molecule has 2 aliphatic rings. The second-order valence-electron chi connectivity index (χ2n) is 6.35. The Kier molecular flexibility index (Phi) is 3.14. The van der Waals surface area contributed by atoms with Gasteiger partial charge >= 0.3 is 0 Å². The molecule has 100 valence electrons. The van der Waals surface area contributed by atoms with E-state index in [-0.39, 0.29) is 0 Å². The summed E-state index contributed by atoms with van der Waals surface area (Å²) in [4.78, 5) is 0. The van der Waals surface area contributed by atoms with E-state index in [9.17, 15) is 0 Å². The van der Waals surface area contributed by atoms with Crippen molar-refractivity contribution < 1.29 is 0 Å². The molecule has 1 aliphatic heterocycles. The molecule has 0 amide bonds. The minimum atomic E-state index is 0.316. The Bertz CT molecular complexity index is 415. The molecule has 4 nitrogen and oxygen atoms in total. The monoisotopic (exact) mass is 248 g/mol. The van der Waals surface area contributed by atoms with Gasteiger partial charge in [0.1, 0.15) is 11.6 Å². The van der Waals surface area contributed by atoms with Crippen LogP contribution in [0, 0.1) is 5.92 Å². The predicted octanol–water partition coefficient (Wildman–Crippen LogP) is 2.24. The van der Waals surface area contributed by atoms with Gasteiger partial charge in [0.05, 0.1) is 6.54 Å². The van der Waals surface area contributed by atoms with E-state index in [1.807, 2.05) is 0 Å². The first-order valence-corrected chi connectivity index (χ1v) is 7.34. The van der Waals surface area contributed by atoms with Crippen molar-refractivity contribution in [3.8, 4) is 0 Å². The van der Waals surface area contributed by atoms with Crippen molar-refractivity contribution in [2.24, 2.45) is 5.92 Å². The molecular weight excluding hydrogens is 224 g/mol. The van der Waals surface area contributed by atoms with E-state index in [1.54, 1.807) is 0 Å². The van der Waals surface area contributed by atoms with Gasteiger partial charge in [-0.05, 0) is 25.2 Å². The zero-order chi connectivity index (χ0) is 12.6. The highest BCUT2D eigenvalue weighted by atomic mass is 15.3. The molecule has 1 N–H and O–H groups in total. The average Bonchev–Trinajstić information content (AvgIpc) is 2.94. The molecule has 4 heteroatoms. The molecule has 2 heterocycles. The Balaban J connectivity index is 1.97. The third-order valence-corrected chi connectivity index (χ3v) is 4.46. The number of hydrogen-bond donors (Lipinski definition) is 1. The molecular formula is C14H24N4. The molecule has 0 radical (unpaired) electrons. The lowest BCUT2D eigenvalue weighted by molar-refractivity contribution is 0.311. The van der Waals surface area contributed by atoms with Crippen molar-refractivity contribution in [1.29, 1.82) is 0 Å². The van der Waals surface area contributed by atoms with E-state index in [4.69, 9.17) is 0 Å². The normalized spacial score (nSPS) is 22.4. The van der Waals surface area contributed by atoms with Gasteiger partial charge in [-0.2, -0.15) is 0 Å². The molecule has 0 aromatic carbocycles. The summed E-state index contributed by atoms with van der Waals surface area (Å²) in [7, 11) is 0. The fraction of sp³-hybridized carbons (Fsp3) is 0.857. The van der Waals surface area contributed by atoms with E-state index < -0.39 is 0 Å². The number of hydrogen-bond acceptors (Lipinski definition) is 3. The molecule has 3 rings (SSSR count). The second kappa shape index (κ2) is 4.65. The van der Waals surface area contributed by atoms with E-state index >= 15 is 0 Å². The molecule has 18 heavy (non-hydrogen) atoms. The summed E-state index contributed by atoms with van der Waals surface area (Å²) >= 11 is 0. The lowest BCUT2D eigenvalue weighted by atomic mass is 9.77. The van der Waals surface area contributed by atoms with Crippen LogP contribution in [0.5, 0.6) is 0 Å². The van der Waals surface area contributed by atoms with Gasteiger partial charge < -0.3 is 9.88 Å². The third-order valence-electron chi connectivity index (χ3n) is 4.46. The van der Waals surface area contributed by atoms with Crippen LogP contribution in [0.2, 0.25) is 0 Å². The topological polar surface area (TPSA) is 42.7 Å². The summed E-state index contributed by atoms with van der Waals surface area (Å²) in [6.45, 7) is 7.63. The van der Waals surface area contributed by atoms with Crippen molar-refractivity contribution in [3.05, 3.63) is 11.6 Å². The highest BCUT2D eigenvalue weighted by Gasteiger charge is 2.41. The Morgan fingerprint density at radius 3 is 2.78 bits per heavy atom. The first kappa shape index (κ1) is 12.2. The number of nitrogens with one attached hydrogen (secondary N) is 1. The van der Waals surface area contributed by atoms with Crippen molar-refractivity contribution in [3.63, 3.8) is 0 Å². The van der Waals surface area contributed by atoms with Crippen molar-refractivity contribution >= 4 is 0 Å². The summed E-state index contributed by atoms with van der Waals surface area (Å²) < 4.78 is 2.39. The molecule has 1 aromatic heterocycles. The van der Waals surface area contributed by atoms with Crippen molar-refractivity contribution in [2.75, 3.05) is 6.54 Å². The first-order valence-electron chi connectivity index (χ1n) is 7.34. The summed E-state index contributed by atoms with van der Waals surface area (Å²) in [6, 6.07) is 0. The number of nitrogens with zero attached hydrogens (tertiary/aromatic N) is 3. The summed E-state index contributed by atoms with van der Waals surface area (Å²) in [5.74, 6) is 3.15. The van der Waals surface area contributed by atoms with Gasteiger partial charge in [-0.15, -0.1) is 10.2 Å². The first-order chi connectivity index (χ1) is 8.71. The number of fused-ring (bicyclic) bond motifs is 1. The summed E-state index contributed by atoms with van der Waals surface area (Å²) in [5.41, 5.74) is 0.316. The summed E-state index contributed by atoms with van der Waals surface area (Å²) in [5, 5.41) is 12.4. The predicted molar refractivity (Wildman–Crippen MR) is 71.3 cm³/mol. The maximum atomic E-state index is 4.58. The van der Waals surface area contributed by atoms with E-state index in [1.165, 1.54) is 37.9 Å². The van der Waals surface area contributed by atoms with Crippen molar-refractivity contribution in [2.45, 2.75) is 64.5 Å². The quantitative estimate of drug-likeness (QED) is 0.892. The Morgan fingerprint density at radius 1 is 1.28 bits per heavy atom. The number of aromatic nitrogens is 3. The maximum Gasteiger partial charge on any atom is 0.147 e.